The van der Waals surface area contributed by atoms with E-state index in [1.807, 2.05) is 30.3 Å². The molecule has 0 unspecified atom stereocenters. The van der Waals surface area contributed by atoms with Gasteiger partial charge in [-0.25, -0.2) is 0 Å². The number of hydrogen-bond acceptors (Lipinski definition) is 5. The van der Waals surface area contributed by atoms with E-state index >= 15 is 0 Å². The van der Waals surface area contributed by atoms with E-state index < -0.39 is 0 Å². The van der Waals surface area contributed by atoms with Crippen molar-refractivity contribution in [3.63, 3.8) is 0 Å². The van der Waals surface area contributed by atoms with Crippen molar-refractivity contribution in [1.82, 2.24) is 15.2 Å². The standard InChI is InChI=1S/C15H13N5O/c16-11-6-8-12(9-7-11)17-15-18-14(21)13(19-20-15)10-4-2-1-3-5-10/h1-9H,16H2,(H2,17,18,20,21). The first-order valence-electron chi connectivity index (χ1n) is 6.37. The summed E-state index contributed by atoms with van der Waals surface area (Å²) in [5.41, 5.74) is 7.77. The van der Waals surface area contributed by atoms with E-state index in [4.69, 9.17) is 5.73 Å². The molecule has 0 atom stereocenters. The Kier molecular flexibility index (Phi) is 3.34. The SMILES string of the molecule is Nc1ccc(Nc2nnc(-c3ccccc3)c(=O)[nH]2)cc1. The zero-order chi connectivity index (χ0) is 14.7. The summed E-state index contributed by atoms with van der Waals surface area (Å²) in [5.74, 6) is 0.282. The smallest absolute Gasteiger partial charge is 0.279 e. The van der Waals surface area contributed by atoms with E-state index in [2.05, 4.69) is 20.5 Å². The number of nitrogens with two attached hydrogens (primary N) is 1. The second kappa shape index (κ2) is 5.46. The summed E-state index contributed by atoms with van der Waals surface area (Å²) in [4.78, 5) is 14.7. The summed E-state index contributed by atoms with van der Waals surface area (Å²) in [6.45, 7) is 0. The maximum Gasteiger partial charge on any atom is 0.279 e. The summed E-state index contributed by atoms with van der Waals surface area (Å²) in [7, 11) is 0. The molecule has 0 aliphatic heterocycles. The lowest BCUT2D eigenvalue weighted by Gasteiger charge is -2.05. The van der Waals surface area contributed by atoms with Gasteiger partial charge in [0.1, 0.15) is 0 Å². The van der Waals surface area contributed by atoms with Gasteiger partial charge in [-0.3, -0.25) is 9.78 Å². The van der Waals surface area contributed by atoms with Crippen molar-refractivity contribution < 1.29 is 0 Å². The first kappa shape index (κ1) is 12.9. The van der Waals surface area contributed by atoms with Crippen molar-refractivity contribution in [3.05, 3.63) is 65.0 Å². The maximum atomic E-state index is 12.1. The molecule has 21 heavy (non-hydrogen) atoms. The van der Waals surface area contributed by atoms with E-state index in [0.717, 1.165) is 11.3 Å². The van der Waals surface area contributed by atoms with Gasteiger partial charge in [0.25, 0.3) is 5.56 Å². The number of hydrogen-bond donors (Lipinski definition) is 3. The average Bonchev–Trinajstić information content (AvgIpc) is 2.51. The topological polar surface area (TPSA) is 96.7 Å². The minimum Gasteiger partial charge on any atom is -0.399 e. The second-order valence-electron chi connectivity index (χ2n) is 4.46. The molecule has 6 nitrogen and oxygen atoms in total. The van der Waals surface area contributed by atoms with Gasteiger partial charge >= 0.3 is 0 Å². The Morgan fingerprint density at radius 2 is 1.67 bits per heavy atom. The predicted molar refractivity (Wildman–Crippen MR) is 82.2 cm³/mol. The van der Waals surface area contributed by atoms with Crippen molar-refractivity contribution in [3.8, 4) is 11.3 Å². The number of H-pyrrole nitrogens is 1. The summed E-state index contributed by atoms with van der Waals surface area (Å²) in [5, 5.41) is 10.9. The molecule has 0 aliphatic rings. The lowest BCUT2D eigenvalue weighted by atomic mass is 10.2. The quantitative estimate of drug-likeness (QED) is 0.638. The molecule has 6 heteroatoms. The van der Waals surface area contributed by atoms with Crippen LogP contribution in [0.15, 0.2) is 59.4 Å². The molecule has 104 valence electrons. The van der Waals surface area contributed by atoms with Gasteiger partial charge in [-0.2, -0.15) is 0 Å². The van der Waals surface area contributed by atoms with Crippen LogP contribution < -0.4 is 16.6 Å². The second-order valence-corrected chi connectivity index (χ2v) is 4.46. The molecule has 0 spiro atoms. The Hall–Kier alpha value is -3.15. The van der Waals surface area contributed by atoms with Gasteiger partial charge in [0.15, 0.2) is 5.69 Å². The lowest BCUT2D eigenvalue weighted by molar-refractivity contribution is 0.962. The number of benzene rings is 2. The third-order valence-electron chi connectivity index (χ3n) is 2.92. The van der Waals surface area contributed by atoms with Crippen LogP contribution in [-0.4, -0.2) is 15.2 Å². The van der Waals surface area contributed by atoms with Gasteiger partial charge in [-0.05, 0) is 24.3 Å². The average molecular weight is 279 g/mol. The zero-order valence-electron chi connectivity index (χ0n) is 11.1. The first-order chi connectivity index (χ1) is 10.2. The van der Waals surface area contributed by atoms with Gasteiger partial charge in [0.05, 0.1) is 0 Å². The van der Waals surface area contributed by atoms with Crippen LogP contribution in [0.25, 0.3) is 11.3 Å². The van der Waals surface area contributed by atoms with Crippen molar-refractivity contribution in [1.29, 1.82) is 0 Å². The fourth-order valence-corrected chi connectivity index (χ4v) is 1.88. The van der Waals surface area contributed by atoms with Crippen LogP contribution in [0.3, 0.4) is 0 Å². The number of aromatic nitrogens is 3. The van der Waals surface area contributed by atoms with Crippen LogP contribution in [-0.2, 0) is 0 Å². The van der Waals surface area contributed by atoms with Crippen molar-refractivity contribution in [2.75, 3.05) is 11.1 Å². The number of nitrogen functional groups attached to an aromatic ring is 1. The van der Waals surface area contributed by atoms with Gasteiger partial charge in [0, 0.05) is 16.9 Å². The molecular weight excluding hydrogens is 266 g/mol. The maximum absolute atomic E-state index is 12.1. The summed E-state index contributed by atoms with van der Waals surface area (Å²) >= 11 is 0. The number of nitrogens with one attached hydrogen (secondary N) is 2. The molecule has 0 radical (unpaired) electrons. The van der Waals surface area contributed by atoms with Crippen LogP contribution in [0.1, 0.15) is 0 Å². The van der Waals surface area contributed by atoms with E-state index in [-0.39, 0.29) is 11.5 Å². The molecule has 1 aromatic heterocycles. The molecule has 3 aromatic rings. The highest BCUT2D eigenvalue weighted by Crippen LogP contribution is 2.15. The highest BCUT2D eigenvalue weighted by atomic mass is 16.1. The Bertz CT molecular complexity index is 796. The molecule has 2 aromatic carbocycles. The molecular formula is C15H13N5O. The lowest BCUT2D eigenvalue weighted by Crippen LogP contribution is -2.15. The molecule has 0 saturated carbocycles. The van der Waals surface area contributed by atoms with E-state index in [0.29, 0.717) is 11.4 Å². The first-order valence-corrected chi connectivity index (χ1v) is 6.37. The predicted octanol–water partition coefficient (Wildman–Crippen LogP) is 2.16. The number of aromatic amines is 1. The molecule has 0 bridgehead atoms. The Morgan fingerprint density at radius 3 is 2.33 bits per heavy atom. The van der Waals surface area contributed by atoms with E-state index in [9.17, 15) is 4.79 Å². The molecule has 4 N–H and O–H groups in total. The van der Waals surface area contributed by atoms with Crippen molar-refractivity contribution in [2.24, 2.45) is 0 Å². The third kappa shape index (κ3) is 2.89. The Morgan fingerprint density at radius 1 is 0.952 bits per heavy atom. The molecule has 0 amide bonds. The van der Waals surface area contributed by atoms with Crippen molar-refractivity contribution >= 4 is 17.3 Å². The molecule has 3 rings (SSSR count). The Labute approximate surface area is 120 Å². The highest BCUT2D eigenvalue weighted by Gasteiger charge is 2.07. The zero-order valence-corrected chi connectivity index (χ0v) is 11.1. The molecule has 0 aliphatic carbocycles. The summed E-state index contributed by atoms with van der Waals surface area (Å²) in [6, 6.07) is 16.3. The van der Waals surface area contributed by atoms with Crippen LogP contribution in [0, 0.1) is 0 Å². The van der Waals surface area contributed by atoms with Crippen molar-refractivity contribution in [2.45, 2.75) is 0 Å². The summed E-state index contributed by atoms with van der Waals surface area (Å²) < 4.78 is 0. The summed E-state index contributed by atoms with van der Waals surface area (Å²) in [6.07, 6.45) is 0. The molecule has 0 fully saturated rings. The fourth-order valence-electron chi connectivity index (χ4n) is 1.88. The largest absolute Gasteiger partial charge is 0.399 e. The highest BCUT2D eigenvalue weighted by molar-refractivity contribution is 5.59. The number of nitrogens with zero attached hydrogens (tertiary/aromatic N) is 2. The Balaban J connectivity index is 1.88. The van der Waals surface area contributed by atoms with Crippen LogP contribution >= 0.6 is 0 Å². The van der Waals surface area contributed by atoms with Crippen LogP contribution in [0.4, 0.5) is 17.3 Å². The third-order valence-corrected chi connectivity index (χ3v) is 2.92. The monoisotopic (exact) mass is 279 g/mol. The number of anilines is 3. The van der Waals surface area contributed by atoms with Gasteiger partial charge in [-0.15, -0.1) is 10.2 Å². The normalized spacial score (nSPS) is 10.3. The minimum absolute atomic E-state index is 0.282. The van der Waals surface area contributed by atoms with Gasteiger partial charge < -0.3 is 11.1 Å². The van der Waals surface area contributed by atoms with E-state index in [1.165, 1.54) is 0 Å². The molecule has 0 saturated heterocycles. The van der Waals surface area contributed by atoms with E-state index in [1.54, 1.807) is 24.3 Å². The van der Waals surface area contributed by atoms with Crippen LogP contribution in [0.5, 0.6) is 0 Å². The fraction of sp³-hybridized carbons (Fsp3) is 0. The number of rotatable bonds is 3. The van der Waals surface area contributed by atoms with Gasteiger partial charge in [-0.1, -0.05) is 30.3 Å². The minimum atomic E-state index is -0.297. The van der Waals surface area contributed by atoms with Gasteiger partial charge in [0.2, 0.25) is 5.95 Å². The van der Waals surface area contributed by atoms with Crippen LogP contribution in [0.2, 0.25) is 0 Å². The molecule has 1 heterocycles.